The second kappa shape index (κ2) is 10.00. The van der Waals surface area contributed by atoms with E-state index in [4.69, 9.17) is 20.0 Å². The van der Waals surface area contributed by atoms with Gasteiger partial charge in [0.2, 0.25) is 11.8 Å². The second-order valence-electron chi connectivity index (χ2n) is 7.83. The third-order valence-electron chi connectivity index (χ3n) is 5.50. The molecule has 4 rings (SSSR count). The van der Waals surface area contributed by atoms with E-state index >= 15 is 0 Å². The number of primary amides is 1. The number of rotatable bonds is 6. The highest BCUT2D eigenvalue weighted by Gasteiger charge is 2.30. The van der Waals surface area contributed by atoms with E-state index in [1.165, 1.54) is 42.3 Å². The molecule has 13 heteroatoms. The number of carbonyl (C=O) groups is 3. The number of nitrogens with two attached hydrogens (primary N) is 1. The zero-order valence-electron chi connectivity index (χ0n) is 18.9. The van der Waals surface area contributed by atoms with E-state index in [1.807, 2.05) is 0 Å². The predicted molar refractivity (Wildman–Crippen MR) is 122 cm³/mol. The number of morpholine rings is 1. The van der Waals surface area contributed by atoms with Gasteiger partial charge in [-0.3, -0.25) is 14.5 Å². The molecule has 0 radical (unpaired) electrons. The molecular weight excluding hydrogens is 480 g/mol. The molecule has 3 aromatic rings. The minimum atomic E-state index is -1.17. The van der Waals surface area contributed by atoms with Crippen molar-refractivity contribution in [2.24, 2.45) is 5.73 Å². The Bertz CT molecular complexity index is 1290. The number of hydrogen-bond donors (Lipinski definition) is 3. The van der Waals surface area contributed by atoms with Crippen LogP contribution in [0.25, 0.3) is 11.5 Å². The van der Waals surface area contributed by atoms with Crippen molar-refractivity contribution in [1.82, 2.24) is 14.8 Å². The highest BCUT2D eigenvalue weighted by molar-refractivity contribution is 5.97. The maximum absolute atomic E-state index is 14.1. The summed E-state index contributed by atoms with van der Waals surface area (Å²) in [5.41, 5.74) is 5.12. The van der Waals surface area contributed by atoms with Crippen LogP contribution < -0.4 is 11.1 Å². The second-order valence-corrected chi connectivity index (χ2v) is 7.83. The molecule has 1 aliphatic heterocycles. The summed E-state index contributed by atoms with van der Waals surface area (Å²) in [6.45, 7) is 0.537. The molecular formula is C23H21F2N5O6. The molecule has 1 aliphatic rings. The van der Waals surface area contributed by atoms with Crippen LogP contribution in [-0.4, -0.2) is 70.8 Å². The van der Waals surface area contributed by atoms with Gasteiger partial charge in [0.05, 0.1) is 13.2 Å². The molecule has 0 spiro atoms. The number of oxazole rings is 1. The number of nitrogens with zero attached hydrogens (tertiary/aromatic N) is 3. The Morgan fingerprint density at radius 2 is 1.83 bits per heavy atom. The van der Waals surface area contributed by atoms with E-state index in [-0.39, 0.29) is 37.2 Å². The number of nitrogens with one attached hydrogen (secondary N) is 1. The smallest absolute Gasteiger partial charge is 0.409 e. The number of benzene rings is 2. The summed E-state index contributed by atoms with van der Waals surface area (Å²) < 4.78 is 39.1. The molecule has 2 heterocycles. The monoisotopic (exact) mass is 501 g/mol. The maximum Gasteiger partial charge on any atom is 0.409 e. The lowest BCUT2D eigenvalue weighted by atomic mass is 10.1. The SMILES string of the molecule is CN(C(=O)O)C1CN(C(=O)c2ccc(Nc3oc(-c4c(F)cccc4F)nc3C(N)=O)cc2)CCO1. The molecule has 1 unspecified atom stereocenters. The average Bonchev–Trinajstić information content (AvgIpc) is 3.27. The van der Waals surface area contributed by atoms with Crippen molar-refractivity contribution in [2.45, 2.75) is 6.23 Å². The molecule has 1 atom stereocenters. The number of carbonyl (C=O) groups excluding carboxylic acids is 2. The number of amides is 3. The lowest BCUT2D eigenvalue weighted by Gasteiger charge is -2.36. The van der Waals surface area contributed by atoms with Gasteiger partial charge in [-0.15, -0.1) is 0 Å². The first-order valence-corrected chi connectivity index (χ1v) is 10.6. The van der Waals surface area contributed by atoms with Crippen molar-refractivity contribution in [3.8, 4) is 11.5 Å². The van der Waals surface area contributed by atoms with Gasteiger partial charge in [-0.25, -0.2) is 18.6 Å². The summed E-state index contributed by atoms with van der Waals surface area (Å²) >= 11 is 0. The molecule has 0 bridgehead atoms. The van der Waals surface area contributed by atoms with Crippen LogP contribution in [0.5, 0.6) is 0 Å². The molecule has 36 heavy (non-hydrogen) atoms. The van der Waals surface area contributed by atoms with Crippen LogP contribution in [0.3, 0.4) is 0 Å². The molecule has 0 saturated carbocycles. The largest absolute Gasteiger partial charge is 0.465 e. The van der Waals surface area contributed by atoms with Crippen LogP contribution in [0.15, 0.2) is 46.9 Å². The van der Waals surface area contributed by atoms with Crippen molar-refractivity contribution in [2.75, 3.05) is 32.1 Å². The highest BCUT2D eigenvalue weighted by Crippen LogP contribution is 2.31. The van der Waals surface area contributed by atoms with E-state index < -0.39 is 41.3 Å². The molecule has 3 amide bonds. The molecule has 1 saturated heterocycles. The van der Waals surface area contributed by atoms with Crippen molar-refractivity contribution < 1.29 is 37.4 Å². The van der Waals surface area contributed by atoms with Gasteiger partial charge < -0.3 is 30.2 Å². The Labute approximate surface area is 203 Å². The molecule has 1 aromatic heterocycles. The minimum Gasteiger partial charge on any atom is -0.465 e. The number of carboxylic acid groups (broad SMARTS) is 1. The number of likely N-dealkylation sites (N-methyl/N-ethyl adjacent to an activating group) is 1. The molecule has 11 nitrogen and oxygen atoms in total. The van der Waals surface area contributed by atoms with Gasteiger partial charge in [0.25, 0.3) is 11.8 Å². The van der Waals surface area contributed by atoms with Gasteiger partial charge in [-0.1, -0.05) is 6.07 Å². The summed E-state index contributed by atoms with van der Waals surface area (Å²) in [5, 5.41) is 11.9. The summed E-state index contributed by atoms with van der Waals surface area (Å²) in [4.78, 5) is 42.2. The lowest BCUT2D eigenvalue weighted by Crippen LogP contribution is -2.52. The van der Waals surface area contributed by atoms with E-state index in [9.17, 15) is 23.2 Å². The fourth-order valence-corrected chi connectivity index (χ4v) is 3.56. The Balaban J connectivity index is 1.52. The zero-order valence-corrected chi connectivity index (χ0v) is 18.9. The molecule has 188 valence electrons. The first-order valence-electron chi connectivity index (χ1n) is 10.6. The predicted octanol–water partition coefficient (Wildman–Crippen LogP) is 2.87. The van der Waals surface area contributed by atoms with Crippen LogP contribution in [-0.2, 0) is 4.74 Å². The Morgan fingerprint density at radius 3 is 2.44 bits per heavy atom. The summed E-state index contributed by atoms with van der Waals surface area (Å²) in [7, 11) is 1.36. The van der Waals surface area contributed by atoms with Crippen molar-refractivity contribution >= 4 is 29.5 Å². The van der Waals surface area contributed by atoms with Crippen molar-refractivity contribution in [3.05, 3.63) is 65.4 Å². The quantitative estimate of drug-likeness (QED) is 0.466. The van der Waals surface area contributed by atoms with Gasteiger partial charge in [0.1, 0.15) is 17.2 Å². The van der Waals surface area contributed by atoms with Crippen LogP contribution in [0.2, 0.25) is 0 Å². The lowest BCUT2D eigenvalue weighted by molar-refractivity contribution is -0.0841. The third-order valence-corrected chi connectivity index (χ3v) is 5.50. The van der Waals surface area contributed by atoms with Gasteiger partial charge >= 0.3 is 6.09 Å². The average molecular weight is 501 g/mol. The summed E-state index contributed by atoms with van der Waals surface area (Å²) in [5.74, 6) is -3.87. The van der Waals surface area contributed by atoms with Crippen LogP contribution in [0.1, 0.15) is 20.8 Å². The van der Waals surface area contributed by atoms with E-state index in [1.54, 1.807) is 0 Å². The maximum atomic E-state index is 14.1. The van der Waals surface area contributed by atoms with E-state index in [0.29, 0.717) is 11.3 Å². The fraction of sp³-hybridized carbons (Fsp3) is 0.217. The number of aromatic nitrogens is 1. The highest BCUT2D eigenvalue weighted by atomic mass is 19.1. The number of hydrogen-bond acceptors (Lipinski definition) is 7. The summed E-state index contributed by atoms with van der Waals surface area (Å²) in [6.07, 6.45) is -1.96. The van der Waals surface area contributed by atoms with Crippen molar-refractivity contribution in [1.29, 1.82) is 0 Å². The summed E-state index contributed by atoms with van der Waals surface area (Å²) in [6, 6.07) is 9.27. The molecule has 0 aliphatic carbocycles. The Hall–Kier alpha value is -4.52. The number of halogens is 2. The number of anilines is 2. The minimum absolute atomic E-state index is 0.0665. The first kappa shape index (κ1) is 24.6. The van der Waals surface area contributed by atoms with E-state index in [0.717, 1.165) is 17.0 Å². The molecule has 4 N–H and O–H groups in total. The van der Waals surface area contributed by atoms with Gasteiger partial charge in [0.15, 0.2) is 11.9 Å². The van der Waals surface area contributed by atoms with E-state index in [2.05, 4.69) is 10.3 Å². The standard InChI is InChI=1S/C23H21F2N5O6/c1-29(23(33)34)16-11-30(9-10-35-16)22(32)12-5-7-13(8-6-12)27-21-18(19(26)31)28-20(36-21)17-14(24)3-2-4-15(17)25/h2-8,16,27H,9-11H2,1H3,(H2,26,31)(H,33,34). The van der Waals surface area contributed by atoms with Gasteiger partial charge in [0, 0.05) is 24.8 Å². The van der Waals surface area contributed by atoms with Crippen LogP contribution in [0, 0.1) is 11.6 Å². The topological polar surface area (TPSA) is 151 Å². The van der Waals surface area contributed by atoms with Gasteiger partial charge in [-0.2, -0.15) is 0 Å². The molecule has 2 aromatic carbocycles. The Morgan fingerprint density at radius 1 is 1.17 bits per heavy atom. The fourth-order valence-electron chi connectivity index (χ4n) is 3.56. The van der Waals surface area contributed by atoms with Gasteiger partial charge in [-0.05, 0) is 36.4 Å². The van der Waals surface area contributed by atoms with Crippen LogP contribution >= 0.6 is 0 Å². The van der Waals surface area contributed by atoms with Crippen molar-refractivity contribution in [3.63, 3.8) is 0 Å². The zero-order chi connectivity index (χ0) is 26.0. The third kappa shape index (κ3) is 4.95. The number of ether oxygens (including phenoxy) is 1. The first-order chi connectivity index (χ1) is 17.2. The van der Waals surface area contributed by atoms with Crippen LogP contribution in [0.4, 0.5) is 25.1 Å². The molecule has 1 fully saturated rings. The normalized spacial score (nSPS) is 15.4. The Kier molecular flexibility index (Phi) is 6.83.